The first-order chi connectivity index (χ1) is 12.4. The van der Waals surface area contributed by atoms with Gasteiger partial charge in [-0.3, -0.25) is 9.97 Å². The van der Waals surface area contributed by atoms with Gasteiger partial charge in [-0.2, -0.15) is 0 Å². The zero-order chi connectivity index (χ0) is 16.6. The van der Waals surface area contributed by atoms with Crippen LogP contribution in [-0.2, 0) is 12.8 Å². The molecule has 0 saturated carbocycles. The molecule has 4 aromatic rings. The molecule has 0 atom stereocenters. The predicted molar refractivity (Wildman–Crippen MR) is 99.0 cm³/mol. The Morgan fingerprint density at radius 1 is 0.880 bits per heavy atom. The Morgan fingerprint density at radius 2 is 1.72 bits per heavy atom. The van der Waals surface area contributed by atoms with Crippen LogP contribution in [0.3, 0.4) is 0 Å². The lowest BCUT2D eigenvalue weighted by molar-refractivity contribution is 0.631. The molecule has 0 bridgehead atoms. The molecule has 1 aliphatic carbocycles. The molecule has 0 saturated heterocycles. The summed E-state index contributed by atoms with van der Waals surface area (Å²) >= 11 is 0. The summed E-state index contributed by atoms with van der Waals surface area (Å²) in [5.41, 5.74) is 6.76. The maximum absolute atomic E-state index is 6.10. The van der Waals surface area contributed by atoms with E-state index in [9.17, 15) is 0 Å². The summed E-state index contributed by atoms with van der Waals surface area (Å²) in [6.07, 6.45) is 10.7. The number of fused-ring (bicyclic) bond motifs is 2. The number of nitrogens with one attached hydrogen (secondary N) is 1. The SMILES string of the molecule is c1cc(-c2oc3cnccc3c2Nc2ccc3c(c2)CCC3)ccn1. The largest absolute Gasteiger partial charge is 0.452 e. The second-order valence-corrected chi connectivity index (χ2v) is 6.38. The number of aryl methyl sites for hydroxylation is 2. The van der Waals surface area contributed by atoms with Gasteiger partial charge in [0, 0.05) is 35.2 Å². The zero-order valence-corrected chi connectivity index (χ0v) is 13.7. The summed E-state index contributed by atoms with van der Waals surface area (Å²) in [4.78, 5) is 8.28. The number of hydrogen-bond acceptors (Lipinski definition) is 4. The van der Waals surface area contributed by atoms with Gasteiger partial charge in [-0.05, 0) is 60.7 Å². The highest BCUT2D eigenvalue weighted by molar-refractivity contribution is 6.00. The first-order valence-electron chi connectivity index (χ1n) is 8.54. The van der Waals surface area contributed by atoms with Crippen LogP contribution in [0.1, 0.15) is 17.5 Å². The van der Waals surface area contributed by atoms with Gasteiger partial charge in [-0.25, -0.2) is 0 Å². The summed E-state index contributed by atoms with van der Waals surface area (Å²) in [6.45, 7) is 0. The second kappa shape index (κ2) is 5.74. The van der Waals surface area contributed by atoms with Gasteiger partial charge in [-0.15, -0.1) is 0 Å². The highest BCUT2D eigenvalue weighted by Crippen LogP contribution is 2.39. The molecule has 0 unspecified atom stereocenters. The fourth-order valence-corrected chi connectivity index (χ4v) is 3.58. The molecule has 1 aromatic carbocycles. The monoisotopic (exact) mass is 327 g/mol. The van der Waals surface area contributed by atoms with Crippen LogP contribution in [0, 0.1) is 0 Å². The number of furan rings is 1. The molecule has 0 fully saturated rings. The van der Waals surface area contributed by atoms with Gasteiger partial charge >= 0.3 is 0 Å². The van der Waals surface area contributed by atoms with Crippen LogP contribution in [0.15, 0.2) is 65.6 Å². The van der Waals surface area contributed by atoms with Gasteiger partial charge in [-0.1, -0.05) is 6.07 Å². The first kappa shape index (κ1) is 14.2. The van der Waals surface area contributed by atoms with E-state index in [1.165, 1.54) is 24.0 Å². The highest BCUT2D eigenvalue weighted by Gasteiger charge is 2.17. The van der Waals surface area contributed by atoms with E-state index >= 15 is 0 Å². The number of benzene rings is 1. The first-order valence-corrected chi connectivity index (χ1v) is 8.54. The Labute approximate surface area is 145 Å². The summed E-state index contributed by atoms with van der Waals surface area (Å²) < 4.78 is 6.10. The van der Waals surface area contributed by atoms with Crippen molar-refractivity contribution in [2.75, 3.05) is 5.32 Å². The van der Waals surface area contributed by atoms with Crippen molar-refractivity contribution in [3.05, 3.63) is 72.3 Å². The van der Waals surface area contributed by atoms with Gasteiger partial charge in [0.15, 0.2) is 11.3 Å². The third-order valence-electron chi connectivity index (χ3n) is 4.80. The van der Waals surface area contributed by atoms with E-state index in [2.05, 4.69) is 33.5 Å². The van der Waals surface area contributed by atoms with Crippen molar-refractivity contribution >= 4 is 22.3 Å². The fourth-order valence-electron chi connectivity index (χ4n) is 3.58. The maximum Gasteiger partial charge on any atom is 0.159 e. The molecule has 0 spiro atoms. The van der Waals surface area contributed by atoms with E-state index in [0.717, 1.165) is 40.1 Å². The Hall–Kier alpha value is -3.14. The van der Waals surface area contributed by atoms with E-state index in [1.54, 1.807) is 24.8 Å². The van der Waals surface area contributed by atoms with Gasteiger partial charge < -0.3 is 9.73 Å². The van der Waals surface area contributed by atoms with E-state index in [4.69, 9.17) is 4.42 Å². The molecule has 1 N–H and O–H groups in total. The van der Waals surface area contributed by atoms with E-state index < -0.39 is 0 Å². The molecule has 3 aromatic heterocycles. The summed E-state index contributed by atoms with van der Waals surface area (Å²) in [6, 6.07) is 12.6. The summed E-state index contributed by atoms with van der Waals surface area (Å²) in [5.74, 6) is 0.811. The topological polar surface area (TPSA) is 51.0 Å². The van der Waals surface area contributed by atoms with E-state index in [-0.39, 0.29) is 0 Å². The average molecular weight is 327 g/mol. The Morgan fingerprint density at radius 3 is 2.64 bits per heavy atom. The van der Waals surface area contributed by atoms with Crippen molar-refractivity contribution < 1.29 is 4.42 Å². The number of nitrogens with zero attached hydrogens (tertiary/aromatic N) is 2. The summed E-state index contributed by atoms with van der Waals surface area (Å²) in [7, 11) is 0. The van der Waals surface area contributed by atoms with Crippen molar-refractivity contribution in [1.82, 2.24) is 9.97 Å². The Balaban J connectivity index is 1.64. The third kappa shape index (κ3) is 2.47. The van der Waals surface area contributed by atoms with Crippen molar-refractivity contribution in [3.8, 4) is 11.3 Å². The zero-order valence-electron chi connectivity index (χ0n) is 13.7. The van der Waals surface area contributed by atoms with Gasteiger partial charge in [0.05, 0.1) is 11.9 Å². The van der Waals surface area contributed by atoms with Crippen LogP contribution < -0.4 is 5.32 Å². The van der Waals surface area contributed by atoms with E-state index in [0.29, 0.717) is 0 Å². The molecular formula is C21H17N3O. The number of pyridine rings is 2. The number of anilines is 2. The fraction of sp³-hybridized carbons (Fsp3) is 0.143. The quantitative estimate of drug-likeness (QED) is 0.567. The van der Waals surface area contributed by atoms with Crippen LogP contribution in [-0.4, -0.2) is 9.97 Å². The lowest BCUT2D eigenvalue weighted by Crippen LogP contribution is -1.93. The van der Waals surface area contributed by atoms with Crippen molar-refractivity contribution in [1.29, 1.82) is 0 Å². The number of rotatable bonds is 3. The van der Waals surface area contributed by atoms with Crippen molar-refractivity contribution in [3.63, 3.8) is 0 Å². The predicted octanol–water partition coefficient (Wildman–Crippen LogP) is 5.12. The molecule has 122 valence electrons. The lowest BCUT2D eigenvalue weighted by Gasteiger charge is -2.09. The Kier molecular flexibility index (Phi) is 3.27. The van der Waals surface area contributed by atoms with Crippen LogP contribution in [0.5, 0.6) is 0 Å². The molecular weight excluding hydrogens is 310 g/mol. The van der Waals surface area contributed by atoms with Gasteiger partial charge in [0.1, 0.15) is 0 Å². The standard InChI is InChI=1S/C21H17N3O/c1-2-14-4-5-17(12-16(14)3-1)24-20-18-8-11-23-13-19(18)25-21(20)15-6-9-22-10-7-15/h4-13,24H,1-3H2. The molecule has 0 aliphatic heterocycles. The number of aromatic nitrogens is 2. The van der Waals surface area contributed by atoms with Crippen LogP contribution >= 0.6 is 0 Å². The molecule has 5 rings (SSSR count). The minimum Gasteiger partial charge on any atom is -0.452 e. The van der Waals surface area contributed by atoms with E-state index in [1.807, 2.05) is 18.2 Å². The van der Waals surface area contributed by atoms with Crippen molar-refractivity contribution in [2.24, 2.45) is 0 Å². The normalized spacial score (nSPS) is 13.1. The molecule has 1 aliphatic rings. The average Bonchev–Trinajstić information content (AvgIpc) is 3.27. The lowest BCUT2D eigenvalue weighted by atomic mass is 10.1. The smallest absolute Gasteiger partial charge is 0.159 e. The van der Waals surface area contributed by atoms with Crippen LogP contribution in [0.2, 0.25) is 0 Å². The highest BCUT2D eigenvalue weighted by atomic mass is 16.3. The summed E-state index contributed by atoms with van der Waals surface area (Å²) in [5, 5.41) is 4.61. The maximum atomic E-state index is 6.10. The van der Waals surface area contributed by atoms with Crippen LogP contribution in [0.25, 0.3) is 22.3 Å². The van der Waals surface area contributed by atoms with Crippen LogP contribution in [0.4, 0.5) is 11.4 Å². The molecule has 4 nitrogen and oxygen atoms in total. The molecule has 4 heteroatoms. The van der Waals surface area contributed by atoms with Crippen molar-refractivity contribution in [2.45, 2.75) is 19.3 Å². The van der Waals surface area contributed by atoms with Gasteiger partial charge in [0.2, 0.25) is 0 Å². The minimum atomic E-state index is 0.776. The minimum absolute atomic E-state index is 0.776. The molecule has 25 heavy (non-hydrogen) atoms. The second-order valence-electron chi connectivity index (χ2n) is 6.38. The molecule has 0 radical (unpaired) electrons. The number of hydrogen-bond donors (Lipinski definition) is 1. The molecule has 0 amide bonds. The molecule has 3 heterocycles. The Bertz CT molecular complexity index is 1050. The van der Waals surface area contributed by atoms with Gasteiger partial charge in [0.25, 0.3) is 0 Å². The third-order valence-corrected chi connectivity index (χ3v) is 4.80.